The van der Waals surface area contributed by atoms with Crippen LogP contribution >= 0.6 is 0 Å². The minimum Gasteiger partial charge on any atom is -0.508 e. The predicted octanol–water partition coefficient (Wildman–Crippen LogP) is 2.80. The molecule has 1 unspecified atom stereocenters. The van der Waals surface area contributed by atoms with E-state index in [-0.39, 0.29) is 40.5 Å². The molecule has 1 aliphatic rings. The highest BCUT2D eigenvalue weighted by atomic mass is 16.5. The van der Waals surface area contributed by atoms with Crippen molar-refractivity contribution in [2.45, 2.75) is 25.0 Å². The van der Waals surface area contributed by atoms with Gasteiger partial charge in [-0.05, 0) is 54.8 Å². The summed E-state index contributed by atoms with van der Waals surface area (Å²) in [5.74, 6) is -0.735. The van der Waals surface area contributed by atoms with E-state index in [1.54, 1.807) is 12.1 Å². The lowest BCUT2D eigenvalue weighted by Gasteiger charge is -2.35. The number of fused-ring (bicyclic) bond motifs is 1. The van der Waals surface area contributed by atoms with Gasteiger partial charge in [0.2, 0.25) is 0 Å². The molecule has 0 amide bonds. The number of hydrogen-bond acceptors (Lipinski definition) is 8. The molecule has 8 heteroatoms. The minimum absolute atomic E-state index is 0.0720. The zero-order chi connectivity index (χ0) is 22.1. The van der Waals surface area contributed by atoms with Gasteiger partial charge in [0.25, 0.3) is 0 Å². The molecule has 7 N–H and O–H groups in total. The lowest BCUT2D eigenvalue weighted by molar-refractivity contribution is 0.132. The van der Waals surface area contributed by atoms with Crippen molar-refractivity contribution >= 4 is 0 Å². The van der Waals surface area contributed by atoms with E-state index >= 15 is 0 Å². The quantitative estimate of drug-likeness (QED) is 0.309. The van der Waals surface area contributed by atoms with Gasteiger partial charge in [-0.15, -0.1) is 0 Å². The summed E-state index contributed by atoms with van der Waals surface area (Å²) in [6.07, 6.45) is 0.398. The van der Waals surface area contributed by atoms with Gasteiger partial charge in [0.05, 0.1) is 6.04 Å². The monoisotopic (exact) mass is 425 g/mol. The molecule has 0 bridgehead atoms. The number of aromatic hydroxyl groups is 6. The maximum atomic E-state index is 10.3. The van der Waals surface area contributed by atoms with E-state index in [1.807, 2.05) is 0 Å². The van der Waals surface area contributed by atoms with E-state index in [0.717, 1.165) is 5.56 Å². The Labute approximate surface area is 178 Å². The second kappa shape index (κ2) is 8.16. The van der Waals surface area contributed by atoms with Crippen LogP contribution in [0.15, 0.2) is 48.5 Å². The van der Waals surface area contributed by atoms with E-state index in [2.05, 4.69) is 5.32 Å². The SMILES string of the molecule is Oc1cc(O)c2c(c1)O[C@H](c1ccc(O)c(O)c1)C(NCCc1ccc(O)c(O)c1)C2. The minimum atomic E-state index is -0.562. The van der Waals surface area contributed by atoms with Gasteiger partial charge >= 0.3 is 0 Å². The van der Waals surface area contributed by atoms with E-state index in [0.29, 0.717) is 36.3 Å². The number of nitrogens with one attached hydrogen (secondary N) is 1. The number of rotatable bonds is 5. The average molecular weight is 425 g/mol. The van der Waals surface area contributed by atoms with Crippen molar-refractivity contribution in [1.29, 1.82) is 0 Å². The first-order valence-electron chi connectivity index (χ1n) is 9.79. The fourth-order valence-electron chi connectivity index (χ4n) is 3.80. The average Bonchev–Trinajstić information content (AvgIpc) is 2.72. The molecule has 0 saturated heterocycles. The molecule has 3 aromatic carbocycles. The van der Waals surface area contributed by atoms with E-state index in [4.69, 9.17) is 4.74 Å². The lowest BCUT2D eigenvalue weighted by Crippen LogP contribution is -2.42. The highest BCUT2D eigenvalue weighted by molar-refractivity contribution is 5.52. The molecule has 0 aliphatic carbocycles. The molecule has 3 aromatic rings. The fourth-order valence-corrected chi connectivity index (χ4v) is 3.80. The molecular weight excluding hydrogens is 402 g/mol. The van der Waals surface area contributed by atoms with Crippen LogP contribution in [0.1, 0.15) is 22.8 Å². The third kappa shape index (κ3) is 4.24. The Balaban J connectivity index is 1.58. The molecule has 8 nitrogen and oxygen atoms in total. The van der Waals surface area contributed by atoms with Crippen LogP contribution in [-0.4, -0.2) is 43.2 Å². The molecule has 0 radical (unpaired) electrons. The second-order valence-electron chi connectivity index (χ2n) is 7.57. The van der Waals surface area contributed by atoms with Crippen molar-refractivity contribution < 1.29 is 35.4 Å². The van der Waals surface area contributed by atoms with Crippen molar-refractivity contribution in [2.75, 3.05) is 6.54 Å². The van der Waals surface area contributed by atoms with Gasteiger partial charge in [-0.1, -0.05) is 12.1 Å². The number of phenols is 6. The maximum Gasteiger partial charge on any atom is 0.157 e. The van der Waals surface area contributed by atoms with Crippen LogP contribution in [0.4, 0.5) is 0 Å². The Morgan fingerprint density at radius 2 is 1.48 bits per heavy atom. The van der Waals surface area contributed by atoms with Gasteiger partial charge in [-0.3, -0.25) is 0 Å². The van der Waals surface area contributed by atoms with Crippen LogP contribution < -0.4 is 10.1 Å². The smallest absolute Gasteiger partial charge is 0.157 e. The Morgan fingerprint density at radius 3 is 2.19 bits per heavy atom. The Kier molecular flexibility index (Phi) is 5.39. The molecule has 162 valence electrons. The molecule has 0 spiro atoms. The van der Waals surface area contributed by atoms with Gasteiger partial charge in [-0.2, -0.15) is 0 Å². The van der Waals surface area contributed by atoms with Crippen LogP contribution in [0.2, 0.25) is 0 Å². The standard InChI is InChI=1S/C23H23NO7/c25-14-9-19(28)15-11-16(24-6-5-12-1-3-17(26)20(29)7-12)23(31-22(15)10-14)13-2-4-18(27)21(30)8-13/h1-4,7-10,16,23-30H,5-6,11H2/t16?,23-/m1/s1. The molecule has 31 heavy (non-hydrogen) atoms. The summed E-state index contributed by atoms with van der Waals surface area (Å²) < 4.78 is 6.08. The zero-order valence-electron chi connectivity index (χ0n) is 16.5. The lowest BCUT2D eigenvalue weighted by atomic mass is 9.91. The van der Waals surface area contributed by atoms with Crippen LogP contribution in [0.25, 0.3) is 0 Å². The molecule has 1 heterocycles. The number of ether oxygens (including phenoxy) is 1. The van der Waals surface area contributed by atoms with Crippen molar-refractivity contribution in [3.63, 3.8) is 0 Å². The molecule has 1 aliphatic heterocycles. The fraction of sp³-hybridized carbons (Fsp3) is 0.217. The zero-order valence-corrected chi connectivity index (χ0v) is 16.5. The second-order valence-corrected chi connectivity index (χ2v) is 7.57. The van der Waals surface area contributed by atoms with Gasteiger partial charge in [0, 0.05) is 17.7 Å². The largest absolute Gasteiger partial charge is 0.508 e. The molecule has 4 rings (SSSR count). The normalized spacial score (nSPS) is 17.7. The third-order valence-electron chi connectivity index (χ3n) is 5.40. The number of hydrogen-bond donors (Lipinski definition) is 7. The molecular formula is C23H23NO7. The molecule has 2 atom stereocenters. The summed E-state index contributed by atoms with van der Waals surface area (Å²) in [5.41, 5.74) is 1.99. The van der Waals surface area contributed by atoms with Crippen molar-refractivity contribution in [1.82, 2.24) is 5.32 Å². The third-order valence-corrected chi connectivity index (χ3v) is 5.40. The number of benzene rings is 3. The van der Waals surface area contributed by atoms with Crippen LogP contribution in [0, 0.1) is 0 Å². The Hall–Kier alpha value is -3.78. The van der Waals surface area contributed by atoms with E-state index < -0.39 is 6.10 Å². The molecule has 0 fully saturated rings. The topological polar surface area (TPSA) is 143 Å². The molecule has 0 aromatic heterocycles. The summed E-state index contributed by atoms with van der Waals surface area (Å²) in [4.78, 5) is 0. The van der Waals surface area contributed by atoms with Crippen molar-refractivity contribution in [3.8, 4) is 40.2 Å². The van der Waals surface area contributed by atoms with E-state index in [9.17, 15) is 30.6 Å². The first-order valence-corrected chi connectivity index (χ1v) is 9.79. The molecule has 0 saturated carbocycles. The van der Waals surface area contributed by atoms with Gasteiger partial charge < -0.3 is 40.7 Å². The highest BCUT2D eigenvalue weighted by Gasteiger charge is 2.33. The first-order chi connectivity index (χ1) is 14.8. The maximum absolute atomic E-state index is 10.3. The summed E-state index contributed by atoms with van der Waals surface area (Å²) >= 11 is 0. The summed E-state index contributed by atoms with van der Waals surface area (Å²) in [7, 11) is 0. The van der Waals surface area contributed by atoms with Gasteiger partial charge in [0.15, 0.2) is 23.0 Å². The van der Waals surface area contributed by atoms with Crippen molar-refractivity contribution in [2.24, 2.45) is 0 Å². The highest BCUT2D eigenvalue weighted by Crippen LogP contribution is 2.42. The van der Waals surface area contributed by atoms with Crippen molar-refractivity contribution in [3.05, 3.63) is 65.2 Å². The first kappa shape index (κ1) is 20.5. The Bertz CT molecular complexity index is 1120. The van der Waals surface area contributed by atoms with E-state index in [1.165, 1.54) is 36.4 Å². The predicted molar refractivity (Wildman–Crippen MR) is 112 cm³/mol. The number of phenolic OH excluding ortho intramolecular Hbond substituents is 6. The van der Waals surface area contributed by atoms with Crippen LogP contribution in [0.3, 0.4) is 0 Å². The van der Waals surface area contributed by atoms with Gasteiger partial charge in [-0.25, -0.2) is 0 Å². The Morgan fingerprint density at radius 1 is 0.774 bits per heavy atom. The van der Waals surface area contributed by atoms with Gasteiger partial charge in [0.1, 0.15) is 23.4 Å². The van der Waals surface area contributed by atoms with Crippen LogP contribution in [-0.2, 0) is 12.8 Å². The summed E-state index contributed by atoms with van der Waals surface area (Å²) in [6, 6.07) is 11.5. The summed E-state index contributed by atoms with van der Waals surface area (Å²) in [6.45, 7) is 0.507. The van der Waals surface area contributed by atoms with Crippen LogP contribution in [0.5, 0.6) is 40.2 Å². The summed E-state index contributed by atoms with van der Waals surface area (Å²) in [5, 5.41) is 62.1.